The number of benzene rings is 2. The number of rotatable bonds is 8. The zero-order valence-electron chi connectivity index (χ0n) is 16.5. The zero-order chi connectivity index (χ0) is 20.5. The van der Waals surface area contributed by atoms with Gasteiger partial charge in [-0.1, -0.05) is 25.1 Å². The molecule has 0 saturated carbocycles. The normalized spacial score (nSPS) is 10.3. The van der Waals surface area contributed by atoms with Gasteiger partial charge in [-0.3, -0.25) is 0 Å². The van der Waals surface area contributed by atoms with Crippen molar-refractivity contribution < 1.29 is 14.3 Å². The van der Waals surface area contributed by atoms with Crippen molar-refractivity contribution in [1.82, 2.24) is 15.5 Å². The summed E-state index contributed by atoms with van der Waals surface area (Å²) < 4.78 is 10.7. The minimum atomic E-state index is -0.268. The molecule has 3 rings (SSSR count). The summed E-state index contributed by atoms with van der Waals surface area (Å²) >= 11 is 0. The van der Waals surface area contributed by atoms with Gasteiger partial charge in [0, 0.05) is 17.3 Å². The predicted octanol–water partition coefficient (Wildman–Crippen LogP) is 3.92. The lowest BCUT2D eigenvalue weighted by Gasteiger charge is -2.11. The molecule has 150 valence electrons. The van der Waals surface area contributed by atoms with Gasteiger partial charge >= 0.3 is 6.03 Å². The quantitative estimate of drug-likeness (QED) is 0.568. The van der Waals surface area contributed by atoms with Crippen LogP contribution in [0.3, 0.4) is 0 Å². The summed E-state index contributed by atoms with van der Waals surface area (Å²) in [6, 6.07) is 18.6. The Morgan fingerprint density at radius 2 is 1.79 bits per heavy atom. The fourth-order valence-electron chi connectivity index (χ4n) is 2.75. The first-order valence-electron chi connectivity index (χ1n) is 9.43. The maximum atomic E-state index is 12.0. The average Bonchev–Trinajstić information content (AvgIpc) is 2.77. The van der Waals surface area contributed by atoms with Crippen molar-refractivity contribution in [2.24, 2.45) is 0 Å². The molecule has 0 aliphatic heterocycles. The maximum Gasteiger partial charge on any atom is 0.319 e. The maximum absolute atomic E-state index is 12.0. The number of para-hydroxylation sites is 1. The summed E-state index contributed by atoms with van der Waals surface area (Å²) in [7, 11) is 1.63. The van der Waals surface area contributed by atoms with Crippen molar-refractivity contribution in [2.45, 2.75) is 13.3 Å². The van der Waals surface area contributed by atoms with E-state index in [4.69, 9.17) is 9.47 Å². The number of aryl methyl sites for hydroxylation is 1. The van der Waals surface area contributed by atoms with Gasteiger partial charge in [0.25, 0.3) is 0 Å². The Bertz CT molecular complexity index is 928. The van der Waals surface area contributed by atoms with Crippen LogP contribution < -0.4 is 20.1 Å². The van der Waals surface area contributed by atoms with Gasteiger partial charge in [0.2, 0.25) is 5.88 Å². The number of nitrogens with one attached hydrogen (secondary N) is 2. The van der Waals surface area contributed by atoms with Gasteiger partial charge in [-0.15, -0.1) is 10.2 Å². The van der Waals surface area contributed by atoms with Crippen LogP contribution in [0.5, 0.6) is 11.6 Å². The highest BCUT2D eigenvalue weighted by Gasteiger charge is 2.06. The van der Waals surface area contributed by atoms with E-state index >= 15 is 0 Å². The summed E-state index contributed by atoms with van der Waals surface area (Å²) in [4.78, 5) is 12.0. The SMILES string of the molecule is CCc1ccccc1NC(=O)NCCOc1ccc(-c2ccc(OC)cc2)nn1. The third kappa shape index (κ3) is 5.68. The second-order valence-corrected chi connectivity index (χ2v) is 6.23. The van der Waals surface area contributed by atoms with E-state index in [1.54, 1.807) is 13.2 Å². The van der Waals surface area contributed by atoms with Gasteiger partial charge in [-0.25, -0.2) is 4.79 Å². The first-order chi connectivity index (χ1) is 14.2. The van der Waals surface area contributed by atoms with E-state index in [9.17, 15) is 4.79 Å². The number of ether oxygens (including phenoxy) is 2. The lowest BCUT2D eigenvalue weighted by Crippen LogP contribution is -2.32. The molecule has 0 spiro atoms. The predicted molar refractivity (Wildman–Crippen MR) is 112 cm³/mol. The van der Waals surface area contributed by atoms with E-state index in [0.29, 0.717) is 19.0 Å². The van der Waals surface area contributed by atoms with Crippen LogP contribution in [0.1, 0.15) is 12.5 Å². The Morgan fingerprint density at radius 1 is 1.00 bits per heavy atom. The Morgan fingerprint density at radius 3 is 2.48 bits per heavy atom. The highest BCUT2D eigenvalue weighted by atomic mass is 16.5. The molecular formula is C22H24N4O3. The Kier molecular flexibility index (Phi) is 7.00. The zero-order valence-corrected chi connectivity index (χ0v) is 16.5. The summed E-state index contributed by atoms with van der Waals surface area (Å²) in [5.74, 6) is 1.19. The van der Waals surface area contributed by atoms with Crippen molar-refractivity contribution in [3.63, 3.8) is 0 Å². The number of amides is 2. The van der Waals surface area contributed by atoms with E-state index in [2.05, 4.69) is 20.8 Å². The van der Waals surface area contributed by atoms with Crippen LogP contribution in [0.2, 0.25) is 0 Å². The fraction of sp³-hybridized carbons (Fsp3) is 0.227. The number of aromatic nitrogens is 2. The first kappa shape index (κ1) is 20.1. The number of hydrogen-bond donors (Lipinski definition) is 2. The Labute approximate surface area is 170 Å². The molecule has 0 bridgehead atoms. The van der Waals surface area contributed by atoms with E-state index in [0.717, 1.165) is 34.7 Å². The van der Waals surface area contributed by atoms with Crippen LogP contribution in [-0.2, 0) is 6.42 Å². The van der Waals surface area contributed by atoms with Crippen LogP contribution in [0.4, 0.5) is 10.5 Å². The molecule has 0 saturated heterocycles. The van der Waals surface area contributed by atoms with E-state index in [1.807, 2.05) is 61.5 Å². The molecule has 2 aromatic carbocycles. The number of anilines is 1. The largest absolute Gasteiger partial charge is 0.497 e. The van der Waals surface area contributed by atoms with Crippen LogP contribution in [0.15, 0.2) is 60.7 Å². The molecule has 2 N–H and O–H groups in total. The van der Waals surface area contributed by atoms with E-state index < -0.39 is 0 Å². The van der Waals surface area contributed by atoms with E-state index in [-0.39, 0.29) is 6.03 Å². The van der Waals surface area contributed by atoms with Gasteiger partial charge in [-0.2, -0.15) is 0 Å². The molecular weight excluding hydrogens is 368 g/mol. The summed E-state index contributed by atoms with van der Waals surface area (Å²) in [6.07, 6.45) is 0.852. The van der Waals surface area contributed by atoms with Gasteiger partial charge in [0.15, 0.2) is 0 Å². The Balaban J connectivity index is 1.44. The lowest BCUT2D eigenvalue weighted by atomic mass is 10.1. The van der Waals surface area contributed by atoms with Crippen molar-refractivity contribution in [3.8, 4) is 22.9 Å². The smallest absolute Gasteiger partial charge is 0.319 e. The molecule has 29 heavy (non-hydrogen) atoms. The fourth-order valence-corrected chi connectivity index (χ4v) is 2.75. The third-order valence-corrected chi connectivity index (χ3v) is 4.31. The molecule has 1 heterocycles. The van der Waals surface area contributed by atoms with Crippen LogP contribution in [0.25, 0.3) is 11.3 Å². The molecule has 0 aliphatic rings. The van der Waals surface area contributed by atoms with Gasteiger partial charge in [0.1, 0.15) is 12.4 Å². The number of nitrogens with zero attached hydrogens (tertiary/aromatic N) is 2. The standard InChI is InChI=1S/C22H24N4O3/c1-3-16-6-4-5-7-19(16)24-22(27)23-14-15-29-21-13-12-20(25-26-21)17-8-10-18(28-2)11-9-17/h4-13H,3,14-15H2,1-2H3,(H2,23,24,27). The molecule has 3 aromatic rings. The van der Waals surface area contributed by atoms with Crippen molar-refractivity contribution in [1.29, 1.82) is 0 Å². The summed E-state index contributed by atoms with van der Waals surface area (Å²) in [6.45, 7) is 2.69. The second kappa shape index (κ2) is 10.1. The van der Waals surface area contributed by atoms with Crippen LogP contribution in [0, 0.1) is 0 Å². The summed E-state index contributed by atoms with van der Waals surface area (Å²) in [5, 5.41) is 13.9. The van der Waals surface area contributed by atoms with Crippen molar-refractivity contribution in [3.05, 3.63) is 66.2 Å². The molecule has 0 atom stereocenters. The first-order valence-corrected chi connectivity index (χ1v) is 9.43. The highest BCUT2D eigenvalue weighted by Crippen LogP contribution is 2.21. The molecule has 7 nitrogen and oxygen atoms in total. The monoisotopic (exact) mass is 392 g/mol. The minimum absolute atomic E-state index is 0.268. The minimum Gasteiger partial charge on any atom is -0.497 e. The third-order valence-electron chi connectivity index (χ3n) is 4.31. The number of carbonyl (C=O) groups is 1. The number of hydrogen-bond acceptors (Lipinski definition) is 5. The molecule has 0 fully saturated rings. The number of urea groups is 1. The van der Waals surface area contributed by atoms with Gasteiger partial charge < -0.3 is 20.1 Å². The summed E-state index contributed by atoms with van der Waals surface area (Å²) in [5.41, 5.74) is 3.59. The average molecular weight is 392 g/mol. The number of carbonyl (C=O) groups excluding carboxylic acids is 1. The molecule has 1 aromatic heterocycles. The van der Waals surface area contributed by atoms with Crippen LogP contribution >= 0.6 is 0 Å². The molecule has 2 amide bonds. The lowest BCUT2D eigenvalue weighted by molar-refractivity contribution is 0.246. The molecule has 0 aliphatic carbocycles. The van der Waals surface area contributed by atoms with Crippen molar-refractivity contribution in [2.75, 3.05) is 25.6 Å². The van der Waals surface area contributed by atoms with E-state index in [1.165, 1.54) is 0 Å². The molecule has 7 heteroatoms. The van der Waals surface area contributed by atoms with Gasteiger partial charge in [0.05, 0.1) is 19.3 Å². The van der Waals surface area contributed by atoms with Crippen molar-refractivity contribution >= 4 is 11.7 Å². The number of methoxy groups -OCH3 is 1. The second-order valence-electron chi connectivity index (χ2n) is 6.23. The Hall–Kier alpha value is -3.61. The molecule has 0 radical (unpaired) electrons. The topological polar surface area (TPSA) is 85.4 Å². The highest BCUT2D eigenvalue weighted by molar-refractivity contribution is 5.90. The van der Waals surface area contributed by atoms with Crippen LogP contribution in [-0.4, -0.2) is 36.5 Å². The van der Waals surface area contributed by atoms with Gasteiger partial charge in [-0.05, 0) is 48.4 Å². The molecule has 0 unspecified atom stereocenters.